The number of ether oxygens (including phenoxy) is 3. The molecule has 0 amide bonds. The van der Waals surface area contributed by atoms with E-state index < -0.39 is 56.5 Å². The highest BCUT2D eigenvalue weighted by atomic mass is 31.2. The average Bonchev–Trinajstić information content (AvgIpc) is 3.46. The van der Waals surface area contributed by atoms with Crippen LogP contribution in [-0.2, 0) is 23.4 Å². The fourth-order valence-electron chi connectivity index (χ4n) is 4.04. The number of terminal acetylenes is 1. The van der Waals surface area contributed by atoms with E-state index in [9.17, 15) is 19.6 Å². The fourth-order valence-corrected chi connectivity index (χ4v) is 5.56. The molecule has 0 spiro atoms. The number of hydrogen-bond acceptors (Lipinski definition) is 13. The van der Waals surface area contributed by atoms with E-state index in [4.69, 9.17) is 35.4 Å². The topological polar surface area (TPSA) is 202 Å². The number of para-hydroxylation sites is 1. The molecule has 0 saturated carbocycles. The molecule has 15 nitrogen and oxygen atoms in total. The Hall–Kier alpha value is -3.77. The van der Waals surface area contributed by atoms with Crippen LogP contribution in [0.1, 0.15) is 27.0 Å². The van der Waals surface area contributed by atoms with Crippen LogP contribution in [0.15, 0.2) is 36.7 Å². The van der Waals surface area contributed by atoms with E-state index in [1.165, 1.54) is 37.1 Å². The van der Waals surface area contributed by atoms with Gasteiger partial charge in [0.25, 0.3) is 0 Å². The lowest BCUT2D eigenvalue weighted by molar-refractivity contribution is -0.149. The molecule has 3 aromatic rings. The molecule has 1 aromatic carbocycles. The van der Waals surface area contributed by atoms with Gasteiger partial charge in [0.2, 0.25) is 11.8 Å². The number of fused-ring (bicyclic) bond motifs is 1. The van der Waals surface area contributed by atoms with Gasteiger partial charge in [-0.25, -0.2) is 9.55 Å². The third-order valence-corrected chi connectivity index (χ3v) is 7.64. The molecule has 6 atom stereocenters. The molecule has 1 saturated heterocycles. The first-order chi connectivity index (χ1) is 19.4. The minimum atomic E-state index is -4.38. The second-order valence-corrected chi connectivity index (χ2v) is 11.1. The molecule has 16 heteroatoms. The first-order valence-electron chi connectivity index (χ1n) is 12.4. The monoisotopic (exact) mass is 590 g/mol. The number of nitrogen functional groups attached to an aromatic ring is 1. The van der Waals surface area contributed by atoms with Gasteiger partial charge in [0.15, 0.2) is 23.0 Å². The average molecular weight is 591 g/mol. The third kappa shape index (κ3) is 6.28. The van der Waals surface area contributed by atoms with E-state index in [-0.39, 0.29) is 28.7 Å². The summed E-state index contributed by atoms with van der Waals surface area (Å²) < 4.78 is 42.8. The number of aliphatic hydroxyl groups is 2. The van der Waals surface area contributed by atoms with Crippen LogP contribution in [0.5, 0.6) is 11.6 Å². The summed E-state index contributed by atoms with van der Waals surface area (Å²) in [6.45, 7) is 4.02. The summed E-state index contributed by atoms with van der Waals surface area (Å²) in [4.78, 5) is 24.7. The Morgan fingerprint density at radius 3 is 2.63 bits per heavy atom. The van der Waals surface area contributed by atoms with Gasteiger partial charge in [-0.2, -0.15) is 15.1 Å². The summed E-state index contributed by atoms with van der Waals surface area (Å²) in [5.41, 5.74) is 4.11. The summed E-state index contributed by atoms with van der Waals surface area (Å²) in [6, 6.07) is 6.94. The van der Waals surface area contributed by atoms with E-state index in [1.807, 2.05) is 0 Å². The quantitative estimate of drug-likeness (QED) is 0.141. The van der Waals surface area contributed by atoms with Crippen molar-refractivity contribution < 1.29 is 42.8 Å². The van der Waals surface area contributed by atoms with Crippen LogP contribution in [0.3, 0.4) is 0 Å². The van der Waals surface area contributed by atoms with Crippen molar-refractivity contribution in [1.29, 1.82) is 0 Å². The summed E-state index contributed by atoms with van der Waals surface area (Å²) in [5.74, 6) is 1.70. The number of methoxy groups -OCH3 is 1. The molecule has 2 unspecified atom stereocenters. The van der Waals surface area contributed by atoms with Gasteiger partial charge in [-0.05, 0) is 32.9 Å². The van der Waals surface area contributed by atoms with Crippen molar-refractivity contribution in [3.63, 3.8) is 0 Å². The number of hydrogen-bond donors (Lipinski definition) is 4. The molecule has 1 aliphatic heterocycles. The van der Waals surface area contributed by atoms with Crippen molar-refractivity contribution in [1.82, 2.24) is 24.6 Å². The van der Waals surface area contributed by atoms with Gasteiger partial charge >= 0.3 is 13.7 Å². The molecule has 1 aliphatic rings. The van der Waals surface area contributed by atoms with Crippen LogP contribution in [0.2, 0.25) is 0 Å². The van der Waals surface area contributed by atoms with Gasteiger partial charge in [0.1, 0.15) is 30.6 Å². The second kappa shape index (κ2) is 12.0. The van der Waals surface area contributed by atoms with Crippen molar-refractivity contribution in [3.05, 3.63) is 36.7 Å². The molecular formula is C25H31N6O9P. The summed E-state index contributed by atoms with van der Waals surface area (Å²) >= 11 is 0. The highest BCUT2D eigenvalue weighted by molar-refractivity contribution is 7.52. The molecule has 3 heterocycles. The van der Waals surface area contributed by atoms with E-state index in [0.29, 0.717) is 0 Å². The minimum absolute atomic E-state index is 0.0843. The van der Waals surface area contributed by atoms with Crippen molar-refractivity contribution in [2.75, 3.05) is 19.5 Å². The van der Waals surface area contributed by atoms with Crippen molar-refractivity contribution in [2.45, 2.75) is 57.0 Å². The molecule has 0 aliphatic carbocycles. The van der Waals surface area contributed by atoms with Crippen LogP contribution in [0.4, 0.5) is 5.95 Å². The molecule has 4 rings (SSSR count). The lowest BCUT2D eigenvalue weighted by Crippen LogP contribution is -2.46. The zero-order valence-electron chi connectivity index (χ0n) is 22.7. The van der Waals surface area contributed by atoms with Crippen molar-refractivity contribution in [3.8, 4) is 24.0 Å². The normalized spacial score (nSPS) is 24.5. The number of esters is 1. The summed E-state index contributed by atoms with van der Waals surface area (Å²) in [6.07, 6.45) is 1.95. The zero-order valence-corrected chi connectivity index (χ0v) is 23.6. The number of carbonyl (C=O) groups is 1. The number of aromatic nitrogens is 4. The second-order valence-electron chi connectivity index (χ2n) is 9.40. The van der Waals surface area contributed by atoms with Crippen molar-refractivity contribution in [2.24, 2.45) is 0 Å². The summed E-state index contributed by atoms with van der Waals surface area (Å²) in [7, 11) is -3.00. The zero-order chi connectivity index (χ0) is 29.9. The molecule has 220 valence electrons. The Morgan fingerprint density at radius 1 is 1.29 bits per heavy atom. The van der Waals surface area contributed by atoms with E-state index in [2.05, 4.69) is 26.0 Å². The number of anilines is 1. The molecule has 2 aromatic heterocycles. The fraction of sp³-hybridized carbons (Fsp3) is 0.440. The lowest BCUT2D eigenvalue weighted by Gasteiger charge is -2.29. The Bertz CT molecular complexity index is 1480. The smallest absolute Gasteiger partial charge is 0.459 e. The maximum atomic E-state index is 13.9. The predicted molar refractivity (Wildman–Crippen MR) is 144 cm³/mol. The van der Waals surface area contributed by atoms with E-state index in [1.54, 1.807) is 32.0 Å². The molecule has 41 heavy (non-hydrogen) atoms. The first kappa shape index (κ1) is 30.2. The number of nitrogens with zero attached hydrogens (tertiary/aromatic N) is 4. The minimum Gasteiger partial charge on any atom is -0.479 e. The standard InChI is InChI=1S/C25H31N6O9P/c1-6-25(12-37-41(35,40-16-10-8-7-9-11-16)30-15(4)23(34)38-14(2)3)19(33)18(32)22(39-25)31-13-27-17-20(31)28-24(26)29-21(17)36-5/h1,7-11,13-15,18-19,22,32-33H,12H2,2-5H3,(H,30,35)(H2,26,28,29)/t15-,18?,19?,22+,25+,41-/m0/s1. The number of aliphatic hydroxyl groups excluding tert-OH is 2. The Morgan fingerprint density at radius 2 is 2.00 bits per heavy atom. The Labute approximate surface area is 235 Å². The maximum Gasteiger partial charge on any atom is 0.459 e. The number of imidazole rings is 1. The maximum absolute atomic E-state index is 13.9. The third-order valence-electron chi connectivity index (χ3n) is 6.02. The molecule has 0 radical (unpaired) electrons. The van der Waals surface area contributed by atoms with Gasteiger partial charge in [-0.1, -0.05) is 24.1 Å². The van der Waals surface area contributed by atoms with E-state index >= 15 is 0 Å². The van der Waals surface area contributed by atoms with Gasteiger partial charge in [-0.3, -0.25) is 13.9 Å². The largest absolute Gasteiger partial charge is 0.479 e. The lowest BCUT2D eigenvalue weighted by atomic mass is 9.97. The van der Waals surface area contributed by atoms with Crippen LogP contribution < -0.4 is 20.1 Å². The van der Waals surface area contributed by atoms with Gasteiger partial charge in [0, 0.05) is 0 Å². The number of carbonyl (C=O) groups excluding carboxylic acids is 1. The number of benzene rings is 1. The van der Waals surface area contributed by atoms with Gasteiger partial charge < -0.3 is 34.7 Å². The highest BCUT2D eigenvalue weighted by Gasteiger charge is 2.56. The van der Waals surface area contributed by atoms with Gasteiger partial charge in [0.05, 0.1) is 19.5 Å². The molecular weight excluding hydrogens is 559 g/mol. The number of nitrogens with one attached hydrogen (secondary N) is 1. The Kier molecular flexibility index (Phi) is 8.83. The van der Waals surface area contributed by atoms with Crippen LogP contribution >= 0.6 is 7.75 Å². The van der Waals surface area contributed by atoms with E-state index in [0.717, 1.165) is 0 Å². The Balaban J connectivity index is 1.61. The summed E-state index contributed by atoms with van der Waals surface area (Å²) in [5, 5.41) is 24.5. The number of nitrogens with two attached hydrogens (primary N) is 1. The van der Waals surface area contributed by atoms with Crippen molar-refractivity contribution >= 4 is 30.8 Å². The van der Waals surface area contributed by atoms with Crippen LogP contribution in [-0.4, -0.2) is 79.4 Å². The highest BCUT2D eigenvalue weighted by Crippen LogP contribution is 2.48. The molecule has 1 fully saturated rings. The predicted octanol–water partition coefficient (Wildman–Crippen LogP) is 1.17. The van der Waals surface area contributed by atoms with Gasteiger partial charge in [-0.15, -0.1) is 6.42 Å². The van der Waals surface area contributed by atoms with Crippen LogP contribution in [0, 0.1) is 12.3 Å². The SMILES string of the molecule is C#C[C@]1(CO[P@@](=O)(N[C@@H](C)C(=O)OC(C)C)Oc2ccccc2)O[C@@H](n2cnc3c(OC)nc(N)nc32)C(O)C1O. The molecule has 0 bridgehead atoms. The van der Waals surface area contributed by atoms with Crippen LogP contribution in [0.25, 0.3) is 11.2 Å². The first-order valence-corrected chi connectivity index (χ1v) is 14.0. The number of rotatable bonds is 11. The molecule has 5 N–H and O–H groups in total.